The van der Waals surface area contributed by atoms with Crippen molar-refractivity contribution in [1.82, 2.24) is 9.88 Å². The molecule has 0 bridgehead atoms. The molecular weight excluding hydrogens is 264 g/mol. The Morgan fingerprint density at radius 2 is 2.26 bits per heavy atom. The van der Waals surface area contributed by atoms with Crippen LogP contribution in [0.3, 0.4) is 0 Å². The number of aromatic nitrogens is 1. The van der Waals surface area contributed by atoms with E-state index in [4.69, 9.17) is 9.84 Å². The van der Waals surface area contributed by atoms with E-state index >= 15 is 0 Å². The van der Waals surface area contributed by atoms with Gasteiger partial charge in [0.15, 0.2) is 0 Å². The first-order valence-corrected chi connectivity index (χ1v) is 7.20. The van der Waals surface area contributed by atoms with Gasteiger partial charge in [0.05, 0.1) is 30.3 Å². The first kappa shape index (κ1) is 14.2. The molecule has 0 spiro atoms. The molecule has 0 radical (unpaired) electrons. The summed E-state index contributed by atoms with van der Waals surface area (Å²) in [6.45, 7) is 6.27. The van der Waals surface area contributed by atoms with Gasteiger partial charge >= 0.3 is 5.97 Å². The number of carboxylic acids is 1. The monoisotopic (exact) mass is 282 g/mol. The summed E-state index contributed by atoms with van der Waals surface area (Å²) in [5, 5.41) is 9.73. The molecule has 1 fully saturated rings. The van der Waals surface area contributed by atoms with Gasteiger partial charge in [-0.1, -0.05) is 6.92 Å². The van der Waals surface area contributed by atoms with Crippen LogP contribution in [0.5, 0.6) is 0 Å². The van der Waals surface area contributed by atoms with Gasteiger partial charge in [0, 0.05) is 19.2 Å². The Hall–Kier alpha value is -1.24. The number of hydrogen-bond acceptors (Lipinski definition) is 5. The lowest BCUT2D eigenvalue weighted by Crippen LogP contribution is -2.35. The van der Waals surface area contributed by atoms with Gasteiger partial charge in [0.1, 0.15) is 5.01 Å². The zero-order chi connectivity index (χ0) is 13.7. The van der Waals surface area contributed by atoms with E-state index in [-0.39, 0.29) is 0 Å². The van der Waals surface area contributed by atoms with Crippen molar-refractivity contribution in [3.05, 3.63) is 21.7 Å². The number of thiazole rings is 1. The zero-order valence-electron chi connectivity index (χ0n) is 11.0. The van der Waals surface area contributed by atoms with Crippen LogP contribution < -0.4 is 0 Å². The van der Waals surface area contributed by atoms with Crippen LogP contribution in [-0.4, -0.2) is 47.3 Å². The predicted molar refractivity (Wildman–Crippen MR) is 74.3 cm³/mol. The van der Waals surface area contributed by atoms with E-state index in [0.717, 1.165) is 54.8 Å². The smallest absolute Gasteiger partial charge is 0.328 e. The summed E-state index contributed by atoms with van der Waals surface area (Å²) in [5.74, 6) is -0.926. The molecule has 1 aliphatic rings. The number of hydrogen-bond donors (Lipinski definition) is 1. The third-order valence-electron chi connectivity index (χ3n) is 2.95. The quantitative estimate of drug-likeness (QED) is 0.832. The molecule has 1 saturated heterocycles. The molecular formula is C13H18N2O3S. The van der Waals surface area contributed by atoms with Gasteiger partial charge < -0.3 is 9.84 Å². The van der Waals surface area contributed by atoms with Crippen LogP contribution in [0.25, 0.3) is 6.08 Å². The maximum atomic E-state index is 10.6. The average Bonchev–Trinajstić information content (AvgIpc) is 2.79. The first-order valence-electron chi connectivity index (χ1n) is 6.38. The fourth-order valence-corrected chi connectivity index (χ4v) is 3.06. The third-order valence-corrected chi connectivity index (χ3v) is 3.99. The molecule has 1 aromatic rings. The molecule has 5 nitrogen and oxygen atoms in total. The topological polar surface area (TPSA) is 62.7 Å². The molecule has 1 aliphatic heterocycles. The Labute approximate surface area is 116 Å². The van der Waals surface area contributed by atoms with Crippen LogP contribution in [0, 0.1) is 0 Å². The summed E-state index contributed by atoms with van der Waals surface area (Å²) in [7, 11) is 0. The predicted octanol–water partition coefficient (Wildman–Crippen LogP) is 1.64. The van der Waals surface area contributed by atoms with Gasteiger partial charge in [0.2, 0.25) is 0 Å². The van der Waals surface area contributed by atoms with E-state index in [1.54, 1.807) is 17.4 Å². The second-order valence-corrected chi connectivity index (χ2v) is 5.45. The number of carboxylic acid groups (broad SMARTS) is 1. The molecule has 0 saturated carbocycles. The molecule has 0 aliphatic carbocycles. The van der Waals surface area contributed by atoms with E-state index in [0.29, 0.717) is 0 Å². The second-order valence-electron chi connectivity index (χ2n) is 4.33. The molecule has 19 heavy (non-hydrogen) atoms. The lowest BCUT2D eigenvalue weighted by Gasteiger charge is -2.25. The highest BCUT2D eigenvalue weighted by Gasteiger charge is 2.14. The van der Waals surface area contributed by atoms with Gasteiger partial charge in [-0.25, -0.2) is 9.78 Å². The van der Waals surface area contributed by atoms with E-state index in [1.807, 2.05) is 6.92 Å². The van der Waals surface area contributed by atoms with Crippen molar-refractivity contribution in [3.63, 3.8) is 0 Å². The largest absolute Gasteiger partial charge is 0.478 e. The van der Waals surface area contributed by atoms with E-state index in [9.17, 15) is 4.79 Å². The van der Waals surface area contributed by atoms with E-state index in [2.05, 4.69) is 9.88 Å². The summed E-state index contributed by atoms with van der Waals surface area (Å²) in [6.07, 6.45) is 3.63. The highest BCUT2D eigenvalue weighted by molar-refractivity contribution is 7.12. The van der Waals surface area contributed by atoms with Gasteiger partial charge in [-0.3, -0.25) is 4.90 Å². The summed E-state index contributed by atoms with van der Waals surface area (Å²) in [4.78, 5) is 18.4. The zero-order valence-corrected chi connectivity index (χ0v) is 11.8. The standard InChI is InChI=1S/C13H18N2O3S/c1-2-10-11(3-4-13(16)17)19-12(14-10)9-15-5-7-18-8-6-15/h3-4H,2,5-9H2,1H3,(H,16,17)/b4-3+. The lowest BCUT2D eigenvalue weighted by atomic mass is 10.3. The molecule has 6 heteroatoms. The number of aryl methyl sites for hydroxylation is 1. The number of nitrogens with zero attached hydrogens (tertiary/aromatic N) is 2. The SMILES string of the molecule is CCc1nc(CN2CCOCC2)sc1/C=C/C(=O)O. The Morgan fingerprint density at radius 3 is 2.89 bits per heavy atom. The highest BCUT2D eigenvalue weighted by Crippen LogP contribution is 2.22. The molecule has 0 aromatic carbocycles. The molecule has 104 valence electrons. The van der Waals surface area contributed by atoms with Crippen LogP contribution in [0.4, 0.5) is 0 Å². The molecule has 1 aromatic heterocycles. The van der Waals surface area contributed by atoms with Crippen molar-refractivity contribution in [2.45, 2.75) is 19.9 Å². The summed E-state index contributed by atoms with van der Waals surface area (Å²) < 4.78 is 5.32. The number of morpholine rings is 1. The van der Waals surface area contributed by atoms with Crippen LogP contribution in [0.2, 0.25) is 0 Å². The normalized spacial score (nSPS) is 17.1. The van der Waals surface area contributed by atoms with Crippen molar-refractivity contribution in [3.8, 4) is 0 Å². The Kier molecular flexibility index (Phi) is 5.07. The minimum Gasteiger partial charge on any atom is -0.478 e. The molecule has 2 heterocycles. The van der Waals surface area contributed by atoms with Crippen LogP contribution in [0.15, 0.2) is 6.08 Å². The molecule has 0 amide bonds. The summed E-state index contributed by atoms with van der Waals surface area (Å²) in [5.41, 5.74) is 0.978. The van der Waals surface area contributed by atoms with Crippen LogP contribution in [-0.2, 0) is 22.5 Å². The van der Waals surface area contributed by atoms with Gasteiger partial charge in [-0.2, -0.15) is 0 Å². The second kappa shape index (κ2) is 6.79. The Balaban J connectivity index is 2.06. The van der Waals surface area contributed by atoms with Crippen molar-refractivity contribution in [2.24, 2.45) is 0 Å². The number of carbonyl (C=O) groups is 1. The Morgan fingerprint density at radius 1 is 1.53 bits per heavy atom. The minimum atomic E-state index is -0.926. The fraction of sp³-hybridized carbons (Fsp3) is 0.538. The summed E-state index contributed by atoms with van der Waals surface area (Å²) >= 11 is 1.58. The number of rotatable bonds is 5. The first-order chi connectivity index (χ1) is 9.19. The van der Waals surface area contributed by atoms with E-state index in [1.165, 1.54) is 6.08 Å². The summed E-state index contributed by atoms with van der Waals surface area (Å²) in [6, 6.07) is 0. The number of ether oxygens (including phenoxy) is 1. The fourth-order valence-electron chi connectivity index (χ4n) is 1.96. The third kappa shape index (κ3) is 4.12. The highest BCUT2D eigenvalue weighted by atomic mass is 32.1. The molecule has 2 rings (SSSR count). The molecule has 0 unspecified atom stereocenters. The van der Waals surface area contributed by atoms with Crippen molar-refractivity contribution >= 4 is 23.4 Å². The van der Waals surface area contributed by atoms with Crippen molar-refractivity contribution in [1.29, 1.82) is 0 Å². The van der Waals surface area contributed by atoms with E-state index < -0.39 is 5.97 Å². The minimum absolute atomic E-state index is 0.776. The number of aliphatic carboxylic acids is 1. The van der Waals surface area contributed by atoms with Gasteiger partial charge in [-0.15, -0.1) is 11.3 Å². The van der Waals surface area contributed by atoms with Crippen molar-refractivity contribution in [2.75, 3.05) is 26.3 Å². The Bertz CT molecular complexity index is 464. The maximum Gasteiger partial charge on any atom is 0.328 e. The molecule has 0 atom stereocenters. The average molecular weight is 282 g/mol. The van der Waals surface area contributed by atoms with Crippen molar-refractivity contribution < 1.29 is 14.6 Å². The maximum absolute atomic E-state index is 10.6. The van der Waals surface area contributed by atoms with Crippen LogP contribution >= 0.6 is 11.3 Å². The van der Waals surface area contributed by atoms with Gasteiger partial charge in [0.25, 0.3) is 0 Å². The molecule has 1 N–H and O–H groups in total. The lowest BCUT2D eigenvalue weighted by molar-refractivity contribution is -0.131. The van der Waals surface area contributed by atoms with Crippen LogP contribution in [0.1, 0.15) is 22.5 Å². The van der Waals surface area contributed by atoms with Gasteiger partial charge in [-0.05, 0) is 12.5 Å².